The van der Waals surface area contributed by atoms with Gasteiger partial charge in [-0.05, 0) is 58.2 Å². The van der Waals surface area contributed by atoms with Crippen LogP contribution in [0, 0.1) is 0 Å². The van der Waals surface area contributed by atoms with E-state index in [0.29, 0.717) is 18.1 Å². The highest BCUT2D eigenvalue weighted by Crippen LogP contribution is 2.13. The number of nitrogens with one attached hydrogen (secondary N) is 6. The van der Waals surface area contributed by atoms with Gasteiger partial charge in [-0.25, -0.2) is 0 Å². The zero-order valence-electron chi connectivity index (χ0n) is 25.8. The Hall–Kier alpha value is -1.71. The van der Waals surface area contributed by atoms with Crippen LogP contribution < -0.4 is 31.9 Å². The van der Waals surface area contributed by atoms with Crippen LogP contribution in [0.2, 0.25) is 0 Å². The van der Waals surface area contributed by atoms with Crippen LogP contribution in [0.25, 0.3) is 0 Å². The summed E-state index contributed by atoms with van der Waals surface area (Å²) in [5.41, 5.74) is 0. The fraction of sp³-hybridized carbons (Fsp3) is 0.900. The Kier molecular flexibility index (Phi) is 19.1. The third-order valence-electron chi connectivity index (χ3n) is 6.99. The van der Waals surface area contributed by atoms with Crippen molar-refractivity contribution in [2.24, 2.45) is 0 Å². The Morgan fingerprint density at radius 1 is 0.513 bits per heavy atom. The number of carbonyl (C=O) groups is 3. The van der Waals surface area contributed by atoms with Gasteiger partial charge in [-0.2, -0.15) is 0 Å². The Balaban J connectivity index is 2.81. The fourth-order valence-electron chi connectivity index (χ4n) is 4.93. The van der Waals surface area contributed by atoms with Gasteiger partial charge >= 0.3 is 0 Å². The molecule has 39 heavy (non-hydrogen) atoms. The first kappa shape index (κ1) is 35.3. The van der Waals surface area contributed by atoms with E-state index in [1.54, 1.807) is 0 Å². The second-order valence-electron chi connectivity index (χ2n) is 12.2. The molecule has 1 aliphatic heterocycles. The van der Waals surface area contributed by atoms with Crippen molar-refractivity contribution in [2.75, 3.05) is 19.6 Å². The van der Waals surface area contributed by atoms with Crippen LogP contribution in [0.5, 0.6) is 0 Å². The smallest absolute Gasteiger partial charge is 0.222 e. The molecule has 228 valence electrons. The van der Waals surface area contributed by atoms with Crippen LogP contribution in [-0.2, 0) is 14.4 Å². The molecule has 0 bridgehead atoms. The number of unbranched alkanes of at least 4 members (excludes halogenated alkanes) is 3. The van der Waals surface area contributed by atoms with E-state index in [1.165, 1.54) is 0 Å². The number of rotatable bonds is 18. The zero-order chi connectivity index (χ0) is 29.0. The van der Waals surface area contributed by atoms with Crippen molar-refractivity contribution in [3.8, 4) is 0 Å². The molecule has 1 rings (SSSR count). The number of amides is 3. The second-order valence-corrected chi connectivity index (χ2v) is 12.2. The lowest BCUT2D eigenvalue weighted by Gasteiger charge is -2.26. The maximum Gasteiger partial charge on any atom is 0.222 e. The van der Waals surface area contributed by atoms with Crippen LogP contribution in [0.1, 0.15) is 119 Å². The van der Waals surface area contributed by atoms with Crippen molar-refractivity contribution in [3.63, 3.8) is 0 Å². The topological polar surface area (TPSA) is 123 Å². The van der Waals surface area contributed by atoms with Gasteiger partial charge in [-0.3, -0.25) is 14.4 Å². The van der Waals surface area contributed by atoms with Crippen LogP contribution in [0.4, 0.5) is 0 Å². The van der Waals surface area contributed by atoms with Crippen molar-refractivity contribution >= 4 is 17.7 Å². The average Bonchev–Trinajstić information content (AvgIpc) is 2.81. The molecule has 3 amide bonds. The van der Waals surface area contributed by atoms with Crippen LogP contribution in [0.3, 0.4) is 0 Å². The molecule has 1 saturated heterocycles. The predicted octanol–water partition coefficient (Wildman–Crippen LogP) is 3.13. The molecule has 0 saturated carbocycles. The molecule has 0 spiro atoms. The lowest BCUT2D eigenvalue weighted by Crippen LogP contribution is -2.48. The molecule has 0 radical (unpaired) electrons. The Labute approximate surface area is 238 Å². The normalized spacial score (nSPS) is 21.5. The molecule has 1 heterocycles. The van der Waals surface area contributed by atoms with Gasteiger partial charge in [0.1, 0.15) is 0 Å². The molecule has 9 nitrogen and oxygen atoms in total. The molecule has 1 aliphatic rings. The predicted molar refractivity (Wildman–Crippen MR) is 161 cm³/mol. The quantitative estimate of drug-likeness (QED) is 0.145. The van der Waals surface area contributed by atoms with Crippen LogP contribution in [-0.4, -0.2) is 73.6 Å². The van der Waals surface area contributed by atoms with E-state index >= 15 is 0 Å². The summed E-state index contributed by atoms with van der Waals surface area (Å²) in [6.07, 6.45) is 8.87. The third-order valence-corrected chi connectivity index (χ3v) is 6.99. The highest BCUT2D eigenvalue weighted by molar-refractivity contribution is 5.83. The Bertz CT molecular complexity index is 571. The molecule has 6 N–H and O–H groups in total. The molecular formula is C30H60N6O3. The maximum absolute atomic E-state index is 13.0. The summed E-state index contributed by atoms with van der Waals surface area (Å²) in [7, 11) is 0. The van der Waals surface area contributed by atoms with Crippen LogP contribution >= 0.6 is 0 Å². The number of hydrogen-bond donors (Lipinski definition) is 6. The standard InChI is InChI=1S/C30H60N6O3/c1-22(2)31-16-10-7-13-25-19-28(37)35-27(15-9-12-18-33-24(5)6)21-30(39)36-26(20-29(38)34-25)14-8-11-17-32-23(3)4/h22-27,31-33H,7-21H2,1-6H3,(H,34,38)(H,35,37)(H,36,39). The molecule has 0 aromatic rings. The minimum atomic E-state index is -0.196. The first-order chi connectivity index (χ1) is 18.5. The van der Waals surface area contributed by atoms with Crippen LogP contribution in [0.15, 0.2) is 0 Å². The molecular weight excluding hydrogens is 492 g/mol. The summed E-state index contributed by atoms with van der Waals surface area (Å²) >= 11 is 0. The Morgan fingerprint density at radius 2 is 0.769 bits per heavy atom. The van der Waals surface area contributed by atoms with Gasteiger partial charge in [0.15, 0.2) is 0 Å². The summed E-state index contributed by atoms with van der Waals surface area (Å²) in [6.45, 7) is 15.6. The summed E-state index contributed by atoms with van der Waals surface area (Å²) in [5, 5.41) is 19.6. The largest absolute Gasteiger partial charge is 0.353 e. The SMILES string of the molecule is CC(C)NCCCCC1CC(=O)NC(CCCCNC(C)C)CC(=O)NC(CCCCNC(C)C)CC(=O)N1. The summed E-state index contributed by atoms with van der Waals surface area (Å²) in [4.78, 5) is 38.9. The summed E-state index contributed by atoms with van der Waals surface area (Å²) in [5.74, 6) is -0.268. The van der Waals surface area contributed by atoms with Gasteiger partial charge in [-0.1, -0.05) is 60.8 Å². The first-order valence-corrected chi connectivity index (χ1v) is 15.6. The maximum atomic E-state index is 13.0. The van der Waals surface area contributed by atoms with Gasteiger partial charge in [0.25, 0.3) is 0 Å². The fourth-order valence-corrected chi connectivity index (χ4v) is 4.93. The van der Waals surface area contributed by atoms with E-state index in [9.17, 15) is 14.4 Å². The summed E-state index contributed by atoms with van der Waals surface area (Å²) in [6, 6.07) is 0.755. The van der Waals surface area contributed by atoms with Crippen molar-refractivity contribution in [2.45, 2.75) is 155 Å². The van der Waals surface area contributed by atoms with Crippen molar-refractivity contribution in [3.05, 3.63) is 0 Å². The van der Waals surface area contributed by atoms with E-state index in [1.807, 2.05) is 0 Å². The summed E-state index contributed by atoms with van der Waals surface area (Å²) < 4.78 is 0. The van der Waals surface area contributed by atoms with Gasteiger partial charge in [0, 0.05) is 55.5 Å². The second kappa shape index (κ2) is 21.1. The Morgan fingerprint density at radius 3 is 1.00 bits per heavy atom. The number of hydrogen-bond acceptors (Lipinski definition) is 6. The zero-order valence-corrected chi connectivity index (χ0v) is 25.8. The van der Waals surface area contributed by atoms with Gasteiger partial charge in [0.2, 0.25) is 17.7 Å². The molecule has 0 aromatic carbocycles. The molecule has 1 fully saturated rings. The average molecular weight is 553 g/mol. The minimum Gasteiger partial charge on any atom is -0.353 e. The van der Waals surface area contributed by atoms with Crippen molar-refractivity contribution in [1.29, 1.82) is 0 Å². The highest BCUT2D eigenvalue weighted by atomic mass is 16.2. The van der Waals surface area contributed by atoms with E-state index in [0.717, 1.165) is 77.4 Å². The lowest BCUT2D eigenvalue weighted by molar-refractivity contribution is -0.126. The number of carbonyl (C=O) groups excluding carboxylic acids is 3. The van der Waals surface area contributed by atoms with E-state index in [4.69, 9.17) is 0 Å². The van der Waals surface area contributed by atoms with E-state index in [2.05, 4.69) is 73.4 Å². The lowest BCUT2D eigenvalue weighted by atomic mass is 10.00. The molecule has 3 unspecified atom stereocenters. The third kappa shape index (κ3) is 19.9. The molecule has 0 aliphatic carbocycles. The molecule has 9 heteroatoms. The van der Waals surface area contributed by atoms with Gasteiger partial charge < -0.3 is 31.9 Å². The van der Waals surface area contributed by atoms with E-state index in [-0.39, 0.29) is 55.1 Å². The molecule has 0 aromatic heterocycles. The van der Waals surface area contributed by atoms with Crippen molar-refractivity contribution < 1.29 is 14.4 Å². The van der Waals surface area contributed by atoms with Gasteiger partial charge in [0.05, 0.1) is 0 Å². The first-order valence-electron chi connectivity index (χ1n) is 15.6. The highest BCUT2D eigenvalue weighted by Gasteiger charge is 2.25. The minimum absolute atomic E-state index is 0.0894. The monoisotopic (exact) mass is 552 g/mol. The van der Waals surface area contributed by atoms with E-state index < -0.39 is 0 Å². The van der Waals surface area contributed by atoms with Gasteiger partial charge in [-0.15, -0.1) is 0 Å². The van der Waals surface area contributed by atoms with Crippen molar-refractivity contribution in [1.82, 2.24) is 31.9 Å². The molecule has 3 atom stereocenters.